The van der Waals surface area contributed by atoms with Crippen LogP contribution < -0.4 is 16.6 Å². The first-order valence-corrected chi connectivity index (χ1v) is 5.02. The number of carboxylic acid groups (broad SMARTS) is 1. The van der Waals surface area contributed by atoms with E-state index in [-0.39, 0.29) is 22.0 Å². The normalized spacial score (nSPS) is 10.1. The molecule has 0 unspecified atom stereocenters. The van der Waals surface area contributed by atoms with Crippen LogP contribution in [-0.2, 0) is 0 Å². The van der Waals surface area contributed by atoms with E-state index in [4.69, 9.17) is 28.3 Å². The number of hydrogen-bond donors (Lipinski definition) is 3. The molecule has 0 saturated heterocycles. The number of carboxylic acids is 1. The second-order valence-corrected chi connectivity index (χ2v) is 4.16. The Kier molecular flexibility index (Phi) is 3.43. The minimum Gasteiger partial charge on any atom is -0.478 e. The van der Waals surface area contributed by atoms with Crippen molar-refractivity contribution in [3.05, 3.63) is 21.1 Å². The number of anilines is 2. The summed E-state index contributed by atoms with van der Waals surface area (Å²) in [6.07, 6.45) is 0. The molecule has 0 aliphatic carbocycles. The molecule has 5 nitrogen and oxygen atoms in total. The number of hydrogen-bond acceptors (Lipinski definition) is 4. The van der Waals surface area contributed by atoms with Crippen molar-refractivity contribution >= 4 is 44.9 Å². The third kappa shape index (κ3) is 2.17. The van der Waals surface area contributed by atoms with E-state index in [2.05, 4.69) is 15.9 Å². The zero-order valence-electron chi connectivity index (χ0n) is 7.79. The molecule has 7 heteroatoms. The van der Waals surface area contributed by atoms with Gasteiger partial charge in [0, 0.05) is 11.5 Å². The lowest BCUT2D eigenvalue weighted by Crippen LogP contribution is -2.28. The zero-order chi connectivity index (χ0) is 11.7. The van der Waals surface area contributed by atoms with Gasteiger partial charge in [-0.2, -0.15) is 0 Å². The topological polar surface area (TPSA) is 92.6 Å². The summed E-state index contributed by atoms with van der Waals surface area (Å²) in [5.41, 5.74) is 6.01. The van der Waals surface area contributed by atoms with E-state index in [1.165, 1.54) is 13.1 Å². The molecule has 1 rings (SSSR count). The van der Waals surface area contributed by atoms with Crippen LogP contribution in [0.2, 0.25) is 5.02 Å². The fourth-order valence-corrected chi connectivity index (χ4v) is 2.02. The maximum Gasteiger partial charge on any atom is 0.339 e. The number of benzene rings is 1. The summed E-state index contributed by atoms with van der Waals surface area (Å²) in [6.45, 7) is 0. The highest BCUT2D eigenvalue weighted by Gasteiger charge is 2.21. The Hall–Kier alpha value is -0.980. The summed E-state index contributed by atoms with van der Waals surface area (Å²) in [5, 5.41) is 10.2. The highest BCUT2D eigenvalue weighted by Crippen LogP contribution is 2.37. The molecule has 0 fully saturated rings. The van der Waals surface area contributed by atoms with E-state index in [0.29, 0.717) is 4.47 Å². The molecule has 0 atom stereocenters. The highest BCUT2D eigenvalue weighted by atomic mass is 79.9. The van der Waals surface area contributed by atoms with Gasteiger partial charge in [-0.15, -0.1) is 0 Å². The van der Waals surface area contributed by atoms with Gasteiger partial charge in [-0.05, 0) is 22.0 Å². The Labute approximate surface area is 99.7 Å². The number of hydrazine groups is 1. The zero-order valence-corrected chi connectivity index (χ0v) is 10.1. The molecule has 5 N–H and O–H groups in total. The van der Waals surface area contributed by atoms with Crippen molar-refractivity contribution in [2.75, 3.05) is 17.8 Å². The predicted octanol–water partition coefficient (Wildman–Crippen LogP) is 1.69. The fourth-order valence-electron chi connectivity index (χ4n) is 1.19. The van der Waals surface area contributed by atoms with Crippen molar-refractivity contribution in [3.8, 4) is 0 Å². The number of nitrogens with two attached hydrogens (primary N) is 2. The quantitative estimate of drug-likeness (QED) is 0.438. The predicted molar refractivity (Wildman–Crippen MR) is 63.1 cm³/mol. The summed E-state index contributed by atoms with van der Waals surface area (Å²) < 4.78 is 0.504. The minimum atomic E-state index is -1.17. The van der Waals surface area contributed by atoms with Crippen molar-refractivity contribution in [1.82, 2.24) is 0 Å². The summed E-state index contributed by atoms with van der Waals surface area (Å²) in [4.78, 5) is 11.0. The second-order valence-electron chi connectivity index (χ2n) is 2.89. The molecule has 15 heavy (non-hydrogen) atoms. The highest BCUT2D eigenvalue weighted by molar-refractivity contribution is 9.10. The van der Waals surface area contributed by atoms with E-state index < -0.39 is 5.97 Å². The third-order valence-corrected chi connectivity index (χ3v) is 2.76. The van der Waals surface area contributed by atoms with Gasteiger partial charge in [0.1, 0.15) is 5.56 Å². The van der Waals surface area contributed by atoms with Gasteiger partial charge in [-0.1, -0.05) is 11.6 Å². The first kappa shape index (κ1) is 12.1. The molecule has 1 aromatic carbocycles. The number of nitrogens with zero attached hydrogens (tertiary/aromatic N) is 1. The van der Waals surface area contributed by atoms with E-state index in [0.717, 1.165) is 5.01 Å². The molecule has 0 aliphatic rings. The molecule has 0 spiro atoms. The maximum atomic E-state index is 11.0. The van der Waals surface area contributed by atoms with Gasteiger partial charge < -0.3 is 15.8 Å². The first-order chi connectivity index (χ1) is 6.86. The lowest BCUT2D eigenvalue weighted by atomic mass is 10.1. The van der Waals surface area contributed by atoms with Gasteiger partial charge in [0.05, 0.1) is 16.4 Å². The molecular weight excluding hydrogens is 285 g/mol. The molecule has 0 aliphatic heterocycles. The molecule has 0 bridgehead atoms. The lowest BCUT2D eigenvalue weighted by Gasteiger charge is -2.19. The largest absolute Gasteiger partial charge is 0.478 e. The number of aromatic carboxylic acids is 1. The van der Waals surface area contributed by atoms with E-state index in [1.807, 2.05) is 0 Å². The van der Waals surface area contributed by atoms with Crippen LogP contribution in [0, 0.1) is 0 Å². The molecule has 0 aromatic heterocycles. The molecule has 0 radical (unpaired) electrons. The van der Waals surface area contributed by atoms with Crippen LogP contribution in [0.5, 0.6) is 0 Å². The van der Waals surface area contributed by atoms with Gasteiger partial charge in [-0.3, -0.25) is 0 Å². The Bertz CT molecular complexity index is 423. The standard InChI is InChI=1S/C8H9BrClN3O2/c1-13(12)7-5(8(14)15)4(10)2-3(9)6(7)11/h2H,11-12H2,1H3,(H,14,15). The molecule has 0 saturated carbocycles. The SMILES string of the molecule is CN(N)c1c(N)c(Br)cc(Cl)c1C(=O)O. The smallest absolute Gasteiger partial charge is 0.339 e. The summed E-state index contributed by atoms with van der Waals surface area (Å²) >= 11 is 8.96. The third-order valence-electron chi connectivity index (χ3n) is 1.81. The van der Waals surface area contributed by atoms with Gasteiger partial charge >= 0.3 is 5.97 Å². The van der Waals surface area contributed by atoms with E-state index >= 15 is 0 Å². The molecule has 1 aromatic rings. The molecular formula is C8H9BrClN3O2. The van der Waals surface area contributed by atoms with Gasteiger partial charge in [-0.25, -0.2) is 10.6 Å². The van der Waals surface area contributed by atoms with Crippen LogP contribution in [0.4, 0.5) is 11.4 Å². The monoisotopic (exact) mass is 293 g/mol. The van der Waals surface area contributed by atoms with Crippen molar-refractivity contribution in [1.29, 1.82) is 0 Å². The van der Waals surface area contributed by atoms with Crippen molar-refractivity contribution in [2.45, 2.75) is 0 Å². The van der Waals surface area contributed by atoms with Crippen LogP contribution in [0.15, 0.2) is 10.5 Å². The number of halogens is 2. The van der Waals surface area contributed by atoms with Crippen LogP contribution in [0.25, 0.3) is 0 Å². The van der Waals surface area contributed by atoms with E-state index in [1.54, 1.807) is 0 Å². The van der Waals surface area contributed by atoms with Crippen LogP contribution in [0.3, 0.4) is 0 Å². The van der Waals surface area contributed by atoms with Gasteiger partial charge in [0.2, 0.25) is 0 Å². The number of carbonyl (C=O) groups is 1. The van der Waals surface area contributed by atoms with Crippen molar-refractivity contribution in [2.24, 2.45) is 5.84 Å². The molecule has 0 heterocycles. The minimum absolute atomic E-state index is 0.0795. The second kappa shape index (κ2) is 4.26. The van der Waals surface area contributed by atoms with E-state index in [9.17, 15) is 4.79 Å². The maximum absolute atomic E-state index is 11.0. The Morgan fingerprint density at radius 2 is 2.20 bits per heavy atom. The first-order valence-electron chi connectivity index (χ1n) is 3.85. The van der Waals surface area contributed by atoms with Crippen molar-refractivity contribution < 1.29 is 9.90 Å². The number of rotatable bonds is 2. The molecule has 82 valence electrons. The molecule has 0 amide bonds. The average Bonchev–Trinajstić information content (AvgIpc) is 2.09. The average molecular weight is 295 g/mol. The number of nitrogen functional groups attached to an aromatic ring is 1. The van der Waals surface area contributed by atoms with Gasteiger partial charge in [0.15, 0.2) is 0 Å². The lowest BCUT2D eigenvalue weighted by molar-refractivity contribution is 0.0698. The Morgan fingerprint density at radius 1 is 1.67 bits per heavy atom. The van der Waals surface area contributed by atoms with Crippen LogP contribution in [-0.4, -0.2) is 18.1 Å². The fraction of sp³-hybridized carbons (Fsp3) is 0.125. The summed E-state index contributed by atoms with van der Waals surface area (Å²) in [6, 6.07) is 1.42. The van der Waals surface area contributed by atoms with Gasteiger partial charge in [0.25, 0.3) is 0 Å². The summed E-state index contributed by atoms with van der Waals surface area (Å²) in [7, 11) is 1.49. The Balaban J connectivity index is 3.62. The van der Waals surface area contributed by atoms with Crippen molar-refractivity contribution in [3.63, 3.8) is 0 Å². The van der Waals surface area contributed by atoms with Crippen LogP contribution in [0.1, 0.15) is 10.4 Å². The summed E-state index contributed by atoms with van der Waals surface area (Å²) in [5.74, 6) is 4.33. The van der Waals surface area contributed by atoms with Crippen LogP contribution >= 0.6 is 27.5 Å². The Morgan fingerprint density at radius 3 is 2.60 bits per heavy atom.